The zero-order chi connectivity index (χ0) is 13.4. The summed E-state index contributed by atoms with van der Waals surface area (Å²) in [7, 11) is 0. The van der Waals surface area contributed by atoms with Crippen LogP contribution in [-0.2, 0) is 14.5 Å². The molecule has 0 saturated heterocycles. The summed E-state index contributed by atoms with van der Waals surface area (Å²) in [5.74, 6) is -0.215. The van der Waals surface area contributed by atoms with Crippen molar-refractivity contribution in [2.24, 2.45) is 10.9 Å². The van der Waals surface area contributed by atoms with Gasteiger partial charge in [-0.25, -0.2) is 0 Å². The van der Waals surface area contributed by atoms with E-state index in [1.54, 1.807) is 12.1 Å². The normalized spacial score (nSPS) is 13.6. The third kappa shape index (κ3) is 5.03. The molecule has 0 radical (unpaired) electrons. The highest BCUT2D eigenvalue weighted by Gasteiger charge is 2.16. The minimum absolute atomic E-state index is 0.0140. The smallest absolute Gasteiger partial charge is 0.300 e. The molecule has 1 heterocycles. The Morgan fingerprint density at radius 2 is 2.11 bits per heavy atom. The van der Waals surface area contributed by atoms with E-state index in [4.69, 9.17) is 25.3 Å². The topological polar surface area (TPSA) is 107 Å². The quantitative estimate of drug-likeness (QED) is 0.793. The minimum Gasteiger partial charge on any atom is -0.481 e. The molecule has 1 aliphatic heterocycles. The fourth-order valence-corrected chi connectivity index (χ4v) is 0.914. The van der Waals surface area contributed by atoms with Crippen LogP contribution >= 0.6 is 0 Å². The van der Waals surface area contributed by atoms with Gasteiger partial charge in [0, 0.05) is 6.92 Å². The molecular formula is C10H13N3O5. The molecule has 0 spiro atoms. The zero-order valence-electron chi connectivity index (χ0n) is 9.65. The summed E-state index contributed by atoms with van der Waals surface area (Å²) < 4.78 is 0. The Balaban J connectivity index is 0.000000357. The third-order valence-electron chi connectivity index (χ3n) is 1.50. The average molecular weight is 255 g/mol. The lowest BCUT2D eigenvalue weighted by atomic mass is 10.3. The van der Waals surface area contributed by atoms with Gasteiger partial charge in [-0.1, -0.05) is 18.2 Å². The number of oxime groups is 1. The van der Waals surface area contributed by atoms with E-state index in [0.717, 1.165) is 12.2 Å². The van der Waals surface area contributed by atoms with Gasteiger partial charge < -0.3 is 20.5 Å². The maximum Gasteiger partial charge on any atom is 0.300 e. The SMILES string of the molecule is CC(=O)O.NC1=NOCON1Oc1ccccc1. The molecule has 0 unspecified atom stereocenters. The van der Waals surface area contributed by atoms with Crippen molar-refractivity contribution in [3.63, 3.8) is 0 Å². The molecule has 98 valence electrons. The second-order valence-corrected chi connectivity index (χ2v) is 3.01. The van der Waals surface area contributed by atoms with Crippen LogP contribution in [0.25, 0.3) is 0 Å². The summed E-state index contributed by atoms with van der Waals surface area (Å²) in [4.78, 5) is 23.7. The average Bonchev–Trinajstić information content (AvgIpc) is 2.33. The molecule has 0 bridgehead atoms. The number of carbonyl (C=O) groups is 1. The van der Waals surface area contributed by atoms with Crippen LogP contribution in [-0.4, -0.2) is 29.1 Å². The van der Waals surface area contributed by atoms with Crippen LogP contribution < -0.4 is 10.6 Å². The Labute approximate surface area is 103 Å². The van der Waals surface area contributed by atoms with Crippen molar-refractivity contribution >= 4 is 11.9 Å². The number of aliphatic carboxylic acids is 1. The number of nitrogens with two attached hydrogens (primary N) is 1. The second-order valence-electron chi connectivity index (χ2n) is 3.01. The summed E-state index contributed by atoms with van der Waals surface area (Å²) in [5.41, 5.74) is 5.43. The second kappa shape index (κ2) is 6.97. The molecular weight excluding hydrogens is 242 g/mol. The number of nitrogens with zero attached hydrogens (tertiary/aromatic N) is 2. The van der Waals surface area contributed by atoms with Crippen LogP contribution in [0.15, 0.2) is 35.5 Å². The number of carboxylic acids is 1. The van der Waals surface area contributed by atoms with Gasteiger partial charge in [0.1, 0.15) is 0 Å². The maximum absolute atomic E-state index is 9.00. The van der Waals surface area contributed by atoms with Gasteiger partial charge in [0.25, 0.3) is 11.9 Å². The molecule has 8 heteroatoms. The summed E-state index contributed by atoms with van der Waals surface area (Å²) in [6.07, 6.45) is 0. The molecule has 0 aliphatic carbocycles. The molecule has 1 aromatic carbocycles. The number of guanidine groups is 1. The van der Waals surface area contributed by atoms with Gasteiger partial charge in [-0.3, -0.25) is 4.79 Å². The van der Waals surface area contributed by atoms with Gasteiger partial charge in [0.2, 0.25) is 6.79 Å². The minimum atomic E-state index is -0.833. The van der Waals surface area contributed by atoms with Crippen LogP contribution in [0.5, 0.6) is 5.75 Å². The lowest BCUT2D eigenvalue weighted by Gasteiger charge is -2.23. The number of hydrogen-bond acceptors (Lipinski definition) is 7. The first-order valence-electron chi connectivity index (χ1n) is 4.90. The van der Waals surface area contributed by atoms with Gasteiger partial charge in [-0.15, -0.1) is 0 Å². The van der Waals surface area contributed by atoms with E-state index in [1.165, 1.54) is 0 Å². The van der Waals surface area contributed by atoms with Crippen molar-refractivity contribution < 1.29 is 24.4 Å². The summed E-state index contributed by atoms with van der Waals surface area (Å²) in [6, 6.07) is 9.09. The number of benzene rings is 1. The molecule has 2 rings (SSSR count). The molecule has 8 nitrogen and oxygen atoms in total. The fourth-order valence-electron chi connectivity index (χ4n) is 0.914. The summed E-state index contributed by atoms with van der Waals surface area (Å²) in [6.45, 7) is 1.06. The first kappa shape index (κ1) is 13.6. The molecule has 18 heavy (non-hydrogen) atoms. The zero-order valence-corrected chi connectivity index (χ0v) is 9.65. The van der Waals surface area contributed by atoms with E-state index in [2.05, 4.69) is 9.99 Å². The van der Waals surface area contributed by atoms with Gasteiger partial charge in [0.15, 0.2) is 5.75 Å². The van der Waals surface area contributed by atoms with Crippen LogP contribution in [0.3, 0.4) is 0 Å². The number of rotatable bonds is 2. The first-order chi connectivity index (χ1) is 8.59. The van der Waals surface area contributed by atoms with Crippen molar-refractivity contribution in [3.8, 4) is 5.75 Å². The Kier molecular flexibility index (Phi) is 5.26. The standard InChI is InChI=1S/C8H9N3O3.C2H4O2/c9-8-10-12-6-13-11(8)14-7-4-2-1-3-5-7;1-2(3)4/h1-5H,6H2,(H2,9,10);1H3,(H,3,4). The first-order valence-corrected chi connectivity index (χ1v) is 4.90. The molecule has 3 N–H and O–H groups in total. The Morgan fingerprint density at radius 1 is 1.50 bits per heavy atom. The highest BCUT2D eigenvalue weighted by atomic mass is 17.0. The lowest BCUT2D eigenvalue weighted by molar-refractivity contribution is -0.318. The number of hydrogen-bond donors (Lipinski definition) is 2. The van der Waals surface area contributed by atoms with Gasteiger partial charge in [-0.2, -0.15) is 4.84 Å². The predicted molar refractivity (Wildman–Crippen MR) is 60.9 cm³/mol. The molecule has 0 saturated carbocycles. The fraction of sp³-hybridized carbons (Fsp3) is 0.200. The lowest BCUT2D eigenvalue weighted by Crippen LogP contribution is -2.43. The van der Waals surface area contributed by atoms with Crippen LogP contribution in [0.4, 0.5) is 0 Å². The van der Waals surface area contributed by atoms with Crippen molar-refractivity contribution in [2.75, 3.05) is 6.79 Å². The van der Waals surface area contributed by atoms with E-state index in [0.29, 0.717) is 5.75 Å². The number of hydroxylamine groups is 2. The van der Waals surface area contributed by atoms with Crippen LogP contribution in [0.1, 0.15) is 6.92 Å². The largest absolute Gasteiger partial charge is 0.481 e. The van der Waals surface area contributed by atoms with Crippen molar-refractivity contribution in [3.05, 3.63) is 30.3 Å². The van der Waals surface area contributed by atoms with E-state index in [9.17, 15) is 0 Å². The summed E-state index contributed by atoms with van der Waals surface area (Å²) >= 11 is 0. The van der Waals surface area contributed by atoms with Crippen molar-refractivity contribution in [2.45, 2.75) is 6.92 Å². The van der Waals surface area contributed by atoms with Crippen molar-refractivity contribution in [1.29, 1.82) is 0 Å². The number of para-hydroxylation sites is 1. The monoisotopic (exact) mass is 255 g/mol. The highest BCUT2D eigenvalue weighted by Crippen LogP contribution is 2.11. The summed E-state index contributed by atoms with van der Waals surface area (Å²) in [5, 5.41) is 11.9. The van der Waals surface area contributed by atoms with E-state index in [-0.39, 0.29) is 12.8 Å². The predicted octanol–water partition coefficient (Wildman–Crippen LogP) is 0.522. The molecule has 0 atom stereocenters. The van der Waals surface area contributed by atoms with Crippen LogP contribution in [0, 0.1) is 0 Å². The molecule has 1 aliphatic rings. The Morgan fingerprint density at radius 3 is 2.67 bits per heavy atom. The van der Waals surface area contributed by atoms with Gasteiger partial charge >= 0.3 is 0 Å². The van der Waals surface area contributed by atoms with E-state index in [1.807, 2.05) is 18.2 Å². The molecule has 0 amide bonds. The molecule has 1 aromatic rings. The van der Waals surface area contributed by atoms with Gasteiger partial charge in [0.05, 0.1) is 0 Å². The van der Waals surface area contributed by atoms with Crippen LogP contribution in [0.2, 0.25) is 0 Å². The van der Waals surface area contributed by atoms with Gasteiger partial charge in [-0.05, 0) is 22.5 Å². The Bertz CT molecular complexity index is 405. The van der Waals surface area contributed by atoms with E-state index < -0.39 is 5.97 Å². The maximum atomic E-state index is 9.00. The highest BCUT2D eigenvalue weighted by molar-refractivity contribution is 5.75. The molecule has 0 aromatic heterocycles. The van der Waals surface area contributed by atoms with Crippen molar-refractivity contribution in [1.82, 2.24) is 5.23 Å². The number of carboxylic acid groups (broad SMARTS) is 1. The van der Waals surface area contributed by atoms with E-state index >= 15 is 0 Å². The third-order valence-corrected chi connectivity index (χ3v) is 1.50. The molecule has 0 fully saturated rings. The Hall–Kier alpha value is -2.48.